The number of nitrogens with zero attached hydrogens (tertiary/aromatic N) is 2. The van der Waals surface area contributed by atoms with Crippen LogP contribution in [0.3, 0.4) is 0 Å². The van der Waals surface area contributed by atoms with Gasteiger partial charge in [0.15, 0.2) is 0 Å². The molecule has 5 nitrogen and oxygen atoms in total. The lowest BCUT2D eigenvalue weighted by Gasteiger charge is -2.38. The first-order valence-corrected chi connectivity index (χ1v) is 9.10. The zero-order chi connectivity index (χ0) is 20.3. The summed E-state index contributed by atoms with van der Waals surface area (Å²) < 4.78 is 31.9. The second kappa shape index (κ2) is 8.67. The lowest BCUT2D eigenvalue weighted by Crippen LogP contribution is -2.51. The van der Waals surface area contributed by atoms with Gasteiger partial charge < -0.3 is 9.64 Å². The highest BCUT2D eigenvalue weighted by molar-refractivity contribution is 6.30. The Morgan fingerprint density at radius 2 is 1.68 bits per heavy atom. The minimum absolute atomic E-state index is 0.169. The molecule has 1 aliphatic heterocycles. The van der Waals surface area contributed by atoms with Gasteiger partial charge in [-0.15, -0.1) is 0 Å². The van der Waals surface area contributed by atoms with E-state index in [0.29, 0.717) is 37.3 Å². The maximum absolute atomic E-state index is 13.9. The van der Waals surface area contributed by atoms with Crippen molar-refractivity contribution >= 4 is 23.5 Å². The predicted molar refractivity (Wildman–Crippen MR) is 100 cm³/mol. The average molecular weight is 409 g/mol. The molecule has 1 aliphatic rings. The van der Waals surface area contributed by atoms with E-state index in [9.17, 15) is 18.4 Å². The molecule has 148 valence electrons. The Bertz CT molecular complexity index is 868. The van der Waals surface area contributed by atoms with Crippen molar-refractivity contribution < 1.29 is 23.1 Å². The molecule has 0 aromatic heterocycles. The average Bonchev–Trinajstić information content (AvgIpc) is 2.69. The SMILES string of the molecule is COC(=O)C(c1ccc(Cl)cc1)N1CCN(C(=O)c2ccc(F)cc2F)CC1. The van der Waals surface area contributed by atoms with Crippen molar-refractivity contribution in [3.8, 4) is 0 Å². The molecule has 0 spiro atoms. The fourth-order valence-corrected chi connectivity index (χ4v) is 3.40. The van der Waals surface area contributed by atoms with Crippen LogP contribution in [0.2, 0.25) is 5.02 Å². The van der Waals surface area contributed by atoms with Crippen LogP contribution in [0.15, 0.2) is 42.5 Å². The number of benzene rings is 2. The van der Waals surface area contributed by atoms with Gasteiger partial charge in [0, 0.05) is 37.3 Å². The minimum atomic E-state index is -0.888. The summed E-state index contributed by atoms with van der Waals surface area (Å²) in [4.78, 5) is 28.3. The summed E-state index contributed by atoms with van der Waals surface area (Å²) in [6, 6.07) is 9.18. The van der Waals surface area contributed by atoms with Gasteiger partial charge in [-0.3, -0.25) is 9.69 Å². The summed E-state index contributed by atoms with van der Waals surface area (Å²) in [6.45, 7) is 1.40. The molecule has 2 aromatic rings. The van der Waals surface area contributed by atoms with Crippen LogP contribution in [0.1, 0.15) is 22.0 Å². The number of ether oxygens (including phenoxy) is 1. The second-order valence-corrected chi connectivity index (χ2v) is 6.87. The van der Waals surface area contributed by atoms with Crippen molar-refractivity contribution in [1.29, 1.82) is 0 Å². The fraction of sp³-hybridized carbons (Fsp3) is 0.300. The van der Waals surface area contributed by atoms with E-state index in [-0.39, 0.29) is 5.56 Å². The number of hydrogen-bond donors (Lipinski definition) is 0. The molecule has 0 bridgehead atoms. The van der Waals surface area contributed by atoms with Gasteiger partial charge in [-0.25, -0.2) is 13.6 Å². The van der Waals surface area contributed by atoms with Gasteiger partial charge in [0.05, 0.1) is 12.7 Å². The second-order valence-electron chi connectivity index (χ2n) is 6.43. The molecule has 0 saturated carbocycles. The van der Waals surface area contributed by atoms with Crippen molar-refractivity contribution in [2.24, 2.45) is 0 Å². The number of amides is 1. The summed E-state index contributed by atoms with van der Waals surface area (Å²) in [6.07, 6.45) is 0. The highest BCUT2D eigenvalue weighted by atomic mass is 35.5. The van der Waals surface area contributed by atoms with Crippen LogP contribution in [0.4, 0.5) is 8.78 Å². The Morgan fingerprint density at radius 3 is 2.25 bits per heavy atom. The highest BCUT2D eigenvalue weighted by Crippen LogP contribution is 2.25. The zero-order valence-corrected chi connectivity index (χ0v) is 16.0. The van der Waals surface area contributed by atoms with E-state index in [1.165, 1.54) is 12.0 Å². The topological polar surface area (TPSA) is 49.9 Å². The molecule has 0 aliphatic carbocycles. The fourth-order valence-electron chi connectivity index (χ4n) is 3.27. The molecular weight excluding hydrogens is 390 g/mol. The lowest BCUT2D eigenvalue weighted by atomic mass is 10.0. The normalized spacial score (nSPS) is 15.9. The number of methoxy groups -OCH3 is 1. The summed E-state index contributed by atoms with van der Waals surface area (Å²) >= 11 is 5.92. The number of esters is 1. The number of piperazine rings is 1. The molecule has 28 heavy (non-hydrogen) atoms. The van der Waals surface area contributed by atoms with Gasteiger partial charge >= 0.3 is 5.97 Å². The third-order valence-electron chi connectivity index (χ3n) is 4.74. The Morgan fingerprint density at radius 1 is 1.04 bits per heavy atom. The van der Waals surface area contributed by atoms with E-state index in [1.807, 2.05) is 4.90 Å². The molecule has 3 rings (SSSR count). The van der Waals surface area contributed by atoms with E-state index in [2.05, 4.69) is 0 Å². The summed E-state index contributed by atoms with van der Waals surface area (Å²) in [7, 11) is 1.32. The van der Waals surface area contributed by atoms with Crippen molar-refractivity contribution in [3.05, 3.63) is 70.2 Å². The van der Waals surface area contributed by atoms with Gasteiger partial charge in [0.1, 0.15) is 17.7 Å². The number of hydrogen-bond acceptors (Lipinski definition) is 4. The molecule has 1 saturated heterocycles. The standard InChI is InChI=1S/C20H19ClF2N2O3/c1-28-20(27)18(13-2-4-14(21)5-3-13)24-8-10-25(11-9-24)19(26)16-7-6-15(22)12-17(16)23/h2-7,12,18H,8-11H2,1H3. The number of rotatable bonds is 4. The van der Waals surface area contributed by atoms with Crippen LogP contribution < -0.4 is 0 Å². The van der Waals surface area contributed by atoms with E-state index in [4.69, 9.17) is 16.3 Å². The van der Waals surface area contributed by atoms with Crippen molar-refractivity contribution in [2.75, 3.05) is 33.3 Å². The molecule has 8 heteroatoms. The van der Waals surface area contributed by atoms with Crippen molar-refractivity contribution in [2.45, 2.75) is 6.04 Å². The van der Waals surface area contributed by atoms with Crippen LogP contribution in [0.5, 0.6) is 0 Å². The van der Waals surface area contributed by atoms with Crippen molar-refractivity contribution in [3.63, 3.8) is 0 Å². The van der Waals surface area contributed by atoms with E-state index in [0.717, 1.165) is 17.7 Å². The van der Waals surface area contributed by atoms with Gasteiger partial charge in [-0.1, -0.05) is 23.7 Å². The zero-order valence-electron chi connectivity index (χ0n) is 15.2. The molecule has 1 atom stereocenters. The molecule has 2 aromatic carbocycles. The van der Waals surface area contributed by atoms with Crippen LogP contribution >= 0.6 is 11.6 Å². The first-order valence-electron chi connectivity index (χ1n) is 8.72. The van der Waals surface area contributed by atoms with E-state index < -0.39 is 29.6 Å². The third kappa shape index (κ3) is 4.31. The first kappa shape index (κ1) is 20.2. The smallest absolute Gasteiger partial charge is 0.327 e. The molecule has 0 N–H and O–H groups in total. The molecule has 0 radical (unpaired) electrons. The maximum atomic E-state index is 13.9. The number of carbonyl (C=O) groups excluding carboxylic acids is 2. The number of halogens is 3. The van der Waals surface area contributed by atoms with E-state index in [1.54, 1.807) is 24.3 Å². The van der Waals surface area contributed by atoms with Crippen molar-refractivity contribution in [1.82, 2.24) is 9.80 Å². The van der Waals surface area contributed by atoms with E-state index >= 15 is 0 Å². The highest BCUT2D eigenvalue weighted by Gasteiger charge is 2.33. The third-order valence-corrected chi connectivity index (χ3v) is 4.99. The predicted octanol–water partition coefficient (Wildman–Crippen LogP) is 3.29. The largest absolute Gasteiger partial charge is 0.468 e. The molecule has 1 fully saturated rings. The van der Waals surface area contributed by atoms with Gasteiger partial charge in [0.25, 0.3) is 5.91 Å². The Hall–Kier alpha value is -2.51. The van der Waals surface area contributed by atoms with Gasteiger partial charge in [-0.2, -0.15) is 0 Å². The first-order chi connectivity index (χ1) is 13.4. The van der Waals surface area contributed by atoms with Crippen LogP contribution in [0.25, 0.3) is 0 Å². The Labute approximate surface area is 166 Å². The number of carbonyl (C=O) groups is 2. The molecule has 1 heterocycles. The monoisotopic (exact) mass is 408 g/mol. The Kier molecular flexibility index (Phi) is 6.26. The summed E-state index contributed by atoms with van der Waals surface area (Å²) in [5, 5.41) is 0.559. The molecule has 1 unspecified atom stereocenters. The van der Waals surface area contributed by atoms with Crippen LogP contribution in [-0.2, 0) is 9.53 Å². The summed E-state index contributed by atoms with van der Waals surface area (Å²) in [5.74, 6) is -2.53. The molecule has 1 amide bonds. The minimum Gasteiger partial charge on any atom is -0.468 e. The quantitative estimate of drug-likeness (QED) is 0.728. The van der Waals surface area contributed by atoms with Crippen LogP contribution in [0, 0.1) is 11.6 Å². The lowest BCUT2D eigenvalue weighted by molar-refractivity contribution is -0.148. The van der Waals surface area contributed by atoms with Crippen LogP contribution in [-0.4, -0.2) is 55.0 Å². The summed E-state index contributed by atoms with van der Waals surface area (Å²) in [5.41, 5.74) is 0.567. The van der Waals surface area contributed by atoms with Gasteiger partial charge in [-0.05, 0) is 29.8 Å². The molecular formula is C20H19ClF2N2O3. The maximum Gasteiger partial charge on any atom is 0.327 e. The Balaban J connectivity index is 1.72. The van der Waals surface area contributed by atoms with Gasteiger partial charge in [0.2, 0.25) is 0 Å².